The summed E-state index contributed by atoms with van der Waals surface area (Å²) in [7, 11) is 0. The van der Waals surface area contributed by atoms with Gasteiger partial charge in [0.1, 0.15) is 0 Å². The topological polar surface area (TPSA) is 61.4 Å². The number of anilines is 1. The van der Waals surface area contributed by atoms with Crippen molar-refractivity contribution in [2.75, 3.05) is 18.4 Å². The highest BCUT2D eigenvalue weighted by Gasteiger charge is 2.22. The fraction of sp³-hybridized carbons (Fsp3) is 0.333. The van der Waals surface area contributed by atoms with Crippen molar-refractivity contribution in [3.05, 3.63) is 42.5 Å². The van der Waals surface area contributed by atoms with E-state index in [1.54, 1.807) is 6.92 Å². The Morgan fingerprint density at radius 1 is 1.04 bits per heavy atom. The van der Waals surface area contributed by atoms with Crippen molar-refractivity contribution in [2.24, 2.45) is 0 Å². The van der Waals surface area contributed by atoms with Crippen LogP contribution in [0.4, 0.5) is 10.5 Å². The van der Waals surface area contributed by atoms with Crippen LogP contribution in [0.2, 0.25) is 0 Å². The molecular weight excluding hydrogens is 290 g/mol. The van der Waals surface area contributed by atoms with Crippen LogP contribution in [0, 0.1) is 0 Å². The van der Waals surface area contributed by atoms with Gasteiger partial charge in [-0.3, -0.25) is 4.79 Å². The van der Waals surface area contributed by atoms with Gasteiger partial charge in [0.25, 0.3) is 0 Å². The second-order valence-corrected chi connectivity index (χ2v) is 5.91. The number of hydrogen-bond donors (Lipinski definition) is 2. The monoisotopic (exact) mass is 311 g/mol. The van der Waals surface area contributed by atoms with E-state index in [9.17, 15) is 9.59 Å². The molecule has 1 aliphatic heterocycles. The molecule has 0 spiro atoms. The Balaban J connectivity index is 1.60. The maximum atomic E-state index is 12.2. The number of piperidine rings is 1. The zero-order chi connectivity index (χ0) is 16.2. The van der Waals surface area contributed by atoms with Gasteiger partial charge in [-0.25, -0.2) is 4.79 Å². The Bertz CT molecular complexity index is 716. The van der Waals surface area contributed by atoms with Crippen molar-refractivity contribution < 1.29 is 9.59 Å². The summed E-state index contributed by atoms with van der Waals surface area (Å²) in [5.74, 6) is 0.101. The minimum Gasteiger partial charge on any atom is -0.343 e. The molecule has 23 heavy (non-hydrogen) atoms. The quantitative estimate of drug-likeness (QED) is 0.895. The van der Waals surface area contributed by atoms with Gasteiger partial charge < -0.3 is 15.5 Å². The number of amides is 3. The lowest BCUT2D eigenvalue weighted by atomic mass is 10.1. The third-order valence-electron chi connectivity index (χ3n) is 4.31. The molecule has 3 amide bonds. The van der Waals surface area contributed by atoms with Crippen molar-refractivity contribution in [3.8, 4) is 0 Å². The number of benzene rings is 2. The van der Waals surface area contributed by atoms with E-state index in [-0.39, 0.29) is 18.0 Å². The molecule has 1 aliphatic rings. The number of hydrogen-bond acceptors (Lipinski definition) is 2. The molecule has 0 aliphatic carbocycles. The second-order valence-electron chi connectivity index (χ2n) is 5.91. The van der Waals surface area contributed by atoms with Gasteiger partial charge in [0, 0.05) is 31.4 Å². The standard InChI is InChI=1S/C18H21N3O2/c1-13(22)21-11-9-15(10-12-21)19-18(23)20-17-8-4-6-14-5-2-3-7-16(14)17/h2-8,15H,9-12H2,1H3,(H2,19,20,23). The van der Waals surface area contributed by atoms with Gasteiger partial charge in [0.15, 0.2) is 0 Å². The first-order chi connectivity index (χ1) is 11.1. The average Bonchev–Trinajstić information content (AvgIpc) is 2.55. The van der Waals surface area contributed by atoms with E-state index >= 15 is 0 Å². The van der Waals surface area contributed by atoms with Crippen molar-refractivity contribution in [3.63, 3.8) is 0 Å². The Morgan fingerprint density at radius 3 is 2.48 bits per heavy atom. The molecule has 2 aromatic carbocycles. The summed E-state index contributed by atoms with van der Waals surface area (Å²) in [5.41, 5.74) is 0.807. The van der Waals surface area contributed by atoms with Gasteiger partial charge in [-0.2, -0.15) is 0 Å². The normalized spacial score (nSPS) is 15.4. The molecule has 1 fully saturated rings. The number of carbonyl (C=O) groups is 2. The molecule has 0 radical (unpaired) electrons. The Labute approximate surface area is 135 Å². The summed E-state index contributed by atoms with van der Waals surface area (Å²) in [6.07, 6.45) is 1.59. The first-order valence-electron chi connectivity index (χ1n) is 7.94. The van der Waals surface area contributed by atoms with E-state index in [1.165, 1.54) is 0 Å². The summed E-state index contributed by atoms with van der Waals surface area (Å²) in [5, 5.41) is 8.06. The molecule has 1 saturated heterocycles. The van der Waals surface area contributed by atoms with Crippen molar-refractivity contribution in [2.45, 2.75) is 25.8 Å². The lowest BCUT2D eigenvalue weighted by Crippen LogP contribution is -2.47. The third-order valence-corrected chi connectivity index (χ3v) is 4.31. The number of fused-ring (bicyclic) bond motifs is 1. The highest BCUT2D eigenvalue weighted by atomic mass is 16.2. The van der Waals surface area contributed by atoms with E-state index < -0.39 is 0 Å². The molecule has 0 saturated carbocycles. The van der Waals surface area contributed by atoms with Crippen LogP contribution in [-0.2, 0) is 4.79 Å². The lowest BCUT2D eigenvalue weighted by Gasteiger charge is -2.31. The van der Waals surface area contributed by atoms with Crippen molar-refractivity contribution in [1.29, 1.82) is 0 Å². The number of urea groups is 1. The minimum absolute atomic E-state index is 0.101. The molecule has 1 heterocycles. The number of likely N-dealkylation sites (tertiary alicyclic amines) is 1. The zero-order valence-electron chi connectivity index (χ0n) is 13.2. The predicted molar refractivity (Wildman–Crippen MR) is 91.4 cm³/mol. The zero-order valence-corrected chi connectivity index (χ0v) is 13.2. The van der Waals surface area contributed by atoms with Gasteiger partial charge in [0.2, 0.25) is 5.91 Å². The molecule has 0 bridgehead atoms. The van der Waals surface area contributed by atoms with E-state index in [0.717, 1.165) is 29.3 Å². The fourth-order valence-corrected chi connectivity index (χ4v) is 3.02. The Morgan fingerprint density at radius 2 is 1.74 bits per heavy atom. The van der Waals surface area contributed by atoms with Gasteiger partial charge >= 0.3 is 6.03 Å². The smallest absolute Gasteiger partial charge is 0.319 e. The first-order valence-corrected chi connectivity index (χ1v) is 7.94. The summed E-state index contributed by atoms with van der Waals surface area (Å²) in [6, 6.07) is 13.7. The number of nitrogens with zero attached hydrogens (tertiary/aromatic N) is 1. The van der Waals surface area contributed by atoms with E-state index in [2.05, 4.69) is 10.6 Å². The van der Waals surface area contributed by atoms with E-state index in [0.29, 0.717) is 13.1 Å². The highest BCUT2D eigenvalue weighted by molar-refractivity contribution is 6.01. The third kappa shape index (κ3) is 3.62. The van der Waals surface area contributed by atoms with Gasteiger partial charge in [-0.15, -0.1) is 0 Å². The van der Waals surface area contributed by atoms with Gasteiger partial charge in [-0.05, 0) is 24.3 Å². The minimum atomic E-state index is -0.192. The molecule has 3 rings (SSSR count). The molecule has 5 heteroatoms. The molecule has 0 atom stereocenters. The fourth-order valence-electron chi connectivity index (χ4n) is 3.02. The lowest BCUT2D eigenvalue weighted by molar-refractivity contribution is -0.129. The van der Waals surface area contributed by atoms with Crippen LogP contribution in [0.15, 0.2) is 42.5 Å². The molecular formula is C18H21N3O2. The number of rotatable bonds is 2. The SMILES string of the molecule is CC(=O)N1CCC(NC(=O)Nc2cccc3ccccc23)CC1. The average molecular weight is 311 g/mol. The maximum Gasteiger partial charge on any atom is 0.319 e. The first kappa shape index (κ1) is 15.3. The molecule has 120 valence electrons. The van der Waals surface area contributed by atoms with E-state index in [1.807, 2.05) is 47.4 Å². The van der Waals surface area contributed by atoms with E-state index in [4.69, 9.17) is 0 Å². The highest BCUT2D eigenvalue weighted by Crippen LogP contribution is 2.23. The summed E-state index contributed by atoms with van der Waals surface area (Å²) in [4.78, 5) is 25.4. The van der Waals surface area contributed by atoms with Crippen LogP contribution in [0.25, 0.3) is 10.8 Å². The summed E-state index contributed by atoms with van der Waals surface area (Å²) >= 11 is 0. The van der Waals surface area contributed by atoms with Gasteiger partial charge in [-0.1, -0.05) is 36.4 Å². The van der Waals surface area contributed by atoms with Crippen molar-refractivity contribution >= 4 is 28.4 Å². The van der Waals surface area contributed by atoms with Gasteiger partial charge in [0.05, 0.1) is 5.69 Å². The van der Waals surface area contributed by atoms with Crippen molar-refractivity contribution in [1.82, 2.24) is 10.2 Å². The molecule has 0 unspecified atom stereocenters. The molecule has 2 N–H and O–H groups in total. The molecule has 2 aromatic rings. The Kier molecular flexibility index (Phi) is 4.46. The Hall–Kier alpha value is -2.56. The summed E-state index contributed by atoms with van der Waals surface area (Å²) in [6.45, 7) is 2.99. The molecule has 5 nitrogen and oxygen atoms in total. The van der Waals surface area contributed by atoms with Crippen LogP contribution < -0.4 is 10.6 Å². The maximum absolute atomic E-state index is 12.2. The predicted octanol–water partition coefficient (Wildman–Crippen LogP) is 2.97. The van der Waals surface area contributed by atoms with Crippen LogP contribution in [0.1, 0.15) is 19.8 Å². The number of nitrogens with one attached hydrogen (secondary N) is 2. The largest absolute Gasteiger partial charge is 0.343 e. The second kappa shape index (κ2) is 6.69. The number of carbonyl (C=O) groups excluding carboxylic acids is 2. The van der Waals surface area contributed by atoms with Crippen LogP contribution >= 0.6 is 0 Å². The molecule has 0 aromatic heterocycles. The van der Waals surface area contributed by atoms with Crippen LogP contribution in [0.5, 0.6) is 0 Å². The summed E-state index contributed by atoms with van der Waals surface area (Å²) < 4.78 is 0. The van der Waals surface area contributed by atoms with Crippen LogP contribution in [0.3, 0.4) is 0 Å². The van der Waals surface area contributed by atoms with Crippen LogP contribution in [-0.4, -0.2) is 36.0 Å².